The average molecular weight is 281 g/mol. The van der Waals surface area contributed by atoms with Gasteiger partial charge in [0.05, 0.1) is 6.10 Å². The van der Waals surface area contributed by atoms with Gasteiger partial charge >= 0.3 is 0 Å². The van der Waals surface area contributed by atoms with E-state index in [0.29, 0.717) is 5.92 Å². The molecule has 2 saturated carbocycles. The van der Waals surface area contributed by atoms with Crippen molar-refractivity contribution in [1.82, 2.24) is 4.90 Å². The van der Waals surface area contributed by atoms with E-state index in [-0.39, 0.29) is 11.5 Å². The van der Waals surface area contributed by atoms with Crippen molar-refractivity contribution in [3.8, 4) is 0 Å². The fourth-order valence-corrected chi connectivity index (χ4v) is 4.47. The maximum atomic E-state index is 10.6. The minimum atomic E-state index is -0.120. The summed E-state index contributed by atoms with van der Waals surface area (Å²) in [5, 5.41) is 10.6. The Morgan fingerprint density at radius 2 is 1.75 bits per heavy atom. The first-order valence-electron chi connectivity index (χ1n) is 8.82. The Bertz CT molecular complexity index is 294. The van der Waals surface area contributed by atoms with Crippen LogP contribution in [0.15, 0.2) is 0 Å². The molecule has 0 aliphatic heterocycles. The summed E-state index contributed by atoms with van der Waals surface area (Å²) >= 11 is 0. The van der Waals surface area contributed by atoms with Crippen LogP contribution >= 0.6 is 0 Å². The topological polar surface area (TPSA) is 23.5 Å². The molecule has 2 aliphatic rings. The Morgan fingerprint density at radius 3 is 2.35 bits per heavy atom. The third-order valence-corrected chi connectivity index (χ3v) is 6.18. The SMILES string of the molecule is CCC1CCC(N(C)CC2CCCC(C)(C)C2O)CC1. The van der Waals surface area contributed by atoms with E-state index >= 15 is 0 Å². The molecule has 1 N–H and O–H groups in total. The van der Waals surface area contributed by atoms with Gasteiger partial charge in [0.2, 0.25) is 0 Å². The van der Waals surface area contributed by atoms with Crippen LogP contribution in [0, 0.1) is 17.3 Å². The summed E-state index contributed by atoms with van der Waals surface area (Å²) < 4.78 is 0. The summed E-state index contributed by atoms with van der Waals surface area (Å²) in [6, 6.07) is 0.759. The Balaban J connectivity index is 1.83. The van der Waals surface area contributed by atoms with Crippen molar-refractivity contribution in [3.63, 3.8) is 0 Å². The highest BCUT2D eigenvalue weighted by Crippen LogP contribution is 2.39. The van der Waals surface area contributed by atoms with Crippen molar-refractivity contribution in [2.24, 2.45) is 17.3 Å². The maximum Gasteiger partial charge on any atom is 0.0631 e. The number of aliphatic hydroxyl groups is 1. The van der Waals surface area contributed by atoms with Crippen LogP contribution in [0.5, 0.6) is 0 Å². The summed E-state index contributed by atoms with van der Waals surface area (Å²) in [5.74, 6) is 1.45. The van der Waals surface area contributed by atoms with Gasteiger partial charge in [-0.1, -0.05) is 33.6 Å². The number of hydrogen-bond donors (Lipinski definition) is 1. The van der Waals surface area contributed by atoms with Crippen molar-refractivity contribution in [3.05, 3.63) is 0 Å². The lowest BCUT2D eigenvalue weighted by Crippen LogP contribution is -2.46. The molecule has 0 radical (unpaired) electrons. The van der Waals surface area contributed by atoms with E-state index in [1.807, 2.05) is 0 Å². The minimum absolute atomic E-state index is 0.115. The largest absolute Gasteiger partial charge is 0.392 e. The Labute approximate surface area is 125 Å². The fourth-order valence-electron chi connectivity index (χ4n) is 4.47. The summed E-state index contributed by atoms with van der Waals surface area (Å²) in [6.45, 7) is 7.88. The maximum absolute atomic E-state index is 10.6. The Morgan fingerprint density at radius 1 is 1.10 bits per heavy atom. The van der Waals surface area contributed by atoms with Gasteiger partial charge in [-0.15, -0.1) is 0 Å². The Hall–Kier alpha value is -0.0800. The third-order valence-electron chi connectivity index (χ3n) is 6.18. The standard InChI is InChI=1S/C18H35NO/c1-5-14-8-10-16(11-9-14)19(4)13-15-7-6-12-18(2,3)17(15)20/h14-17,20H,5-13H2,1-4H3. The van der Waals surface area contributed by atoms with E-state index < -0.39 is 0 Å². The van der Waals surface area contributed by atoms with Crippen LogP contribution in [0.25, 0.3) is 0 Å². The van der Waals surface area contributed by atoms with Crippen LogP contribution in [0.1, 0.15) is 72.1 Å². The van der Waals surface area contributed by atoms with E-state index in [1.54, 1.807) is 0 Å². The molecule has 0 spiro atoms. The molecule has 2 fully saturated rings. The third kappa shape index (κ3) is 3.76. The van der Waals surface area contributed by atoms with Crippen molar-refractivity contribution in [1.29, 1.82) is 0 Å². The van der Waals surface area contributed by atoms with Crippen LogP contribution in [-0.4, -0.2) is 35.7 Å². The molecular formula is C18H35NO. The van der Waals surface area contributed by atoms with Crippen LogP contribution in [0.4, 0.5) is 0 Å². The second kappa shape index (κ2) is 6.79. The van der Waals surface area contributed by atoms with Gasteiger partial charge in [-0.3, -0.25) is 0 Å². The Kier molecular flexibility index (Phi) is 5.53. The smallest absolute Gasteiger partial charge is 0.0631 e. The van der Waals surface area contributed by atoms with Gasteiger partial charge in [0.1, 0.15) is 0 Å². The van der Waals surface area contributed by atoms with Gasteiger partial charge in [-0.05, 0) is 62.8 Å². The normalized spacial score (nSPS) is 38.1. The molecule has 0 aromatic heterocycles. The van der Waals surface area contributed by atoms with Gasteiger partial charge in [0, 0.05) is 12.6 Å². The monoisotopic (exact) mass is 281 g/mol. The molecule has 0 heterocycles. The highest BCUT2D eigenvalue weighted by atomic mass is 16.3. The first-order chi connectivity index (χ1) is 9.44. The second-order valence-electron chi connectivity index (χ2n) is 8.11. The number of rotatable bonds is 4. The zero-order chi connectivity index (χ0) is 14.8. The van der Waals surface area contributed by atoms with Crippen molar-refractivity contribution in [2.45, 2.75) is 84.3 Å². The molecule has 2 atom stereocenters. The number of nitrogens with zero attached hydrogens (tertiary/aromatic N) is 1. The molecule has 0 saturated heterocycles. The molecule has 2 rings (SSSR count). The molecule has 0 amide bonds. The van der Waals surface area contributed by atoms with Crippen LogP contribution in [-0.2, 0) is 0 Å². The van der Waals surface area contributed by atoms with Gasteiger partial charge < -0.3 is 10.0 Å². The molecule has 2 aliphatic carbocycles. The zero-order valence-corrected chi connectivity index (χ0v) is 14.1. The summed E-state index contributed by atoms with van der Waals surface area (Å²) in [4.78, 5) is 2.56. The first kappa shape index (κ1) is 16.3. The highest BCUT2D eigenvalue weighted by Gasteiger charge is 2.38. The average Bonchev–Trinajstić information content (AvgIpc) is 2.44. The molecule has 118 valence electrons. The lowest BCUT2D eigenvalue weighted by Gasteiger charge is -2.44. The van der Waals surface area contributed by atoms with Crippen LogP contribution in [0.2, 0.25) is 0 Å². The van der Waals surface area contributed by atoms with Gasteiger partial charge in [-0.2, -0.15) is 0 Å². The van der Waals surface area contributed by atoms with E-state index in [1.165, 1.54) is 51.4 Å². The van der Waals surface area contributed by atoms with Crippen LogP contribution < -0.4 is 0 Å². The van der Waals surface area contributed by atoms with Gasteiger partial charge in [-0.25, -0.2) is 0 Å². The van der Waals surface area contributed by atoms with Crippen molar-refractivity contribution >= 4 is 0 Å². The van der Waals surface area contributed by atoms with Gasteiger partial charge in [0.25, 0.3) is 0 Å². The molecule has 20 heavy (non-hydrogen) atoms. The van der Waals surface area contributed by atoms with Crippen molar-refractivity contribution in [2.75, 3.05) is 13.6 Å². The summed E-state index contributed by atoms with van der Waals surface area (Å²) in [7, 11) is 2.28. The summed E-state index contributed by atoms with van der Waals surface area (Å²) in [6.07, 6.45) is 10.4. The highest BCUT2D eigenvalue weighted by molar-refractivity contribution is 4.90. The number of hydrogen-bond acceptors (Lipinski definition) is 2. The zero-order valence-electron chi connectivity index (χ0n) is 14.1. The summed E-state index contributed by atoms with van der Waals surface area (Å²) in [5.41, 5.74) is 0.115. The lowest BCUT2D eigenvalue weighted by molar-refractivity contribution is -0.0458. The predicted molar refractivity (Wildman–Crippen MR) is 85.8 cm³/mol. The molecule has 0 aromatic rings. The molecule has 2 unspecified atom stereocenters. The number of aliphatic hydroxyl groups excluding tert-OH is 1. The van der Waals surface area contributed by atoms with Crippen molar-refractivity contribution < 1.29 is 5.11 Å². The quantitative estimate of drug-likeness (QED) is 0.839. The van der Waals surface area contributed by atoms with E-state index in [9.17, 15) is 5.11 Å². The van der Waals surface area contributed by atoms with E-state index in [2.05, 4.69) is 32.7 Å². The lowest BCUT2D eigenvalue weighted by atomic mass is 9.69. The van der Waals surface area contributed by atoms with E-state index in [0.717, 1.165) is 18.5 Å². The first-order valence-corrected chi connectivity index (χ1v) is 8.82. The van der Waals surface area contributed by atoms with E-state index in [4.69, 9.17) is 0 Å². The molecule has 2 nitrogen and oxygen atoms in total. The molecular weight excluding hydrogens is 246 g/mol. The molecule has 0 aromatic carbocycles. The molecule has 2 heteroatoms. The second-order valence-corrected chi connectivity index (χ2v) is 8.11. The van der Waals surface area contributed by atoms with Crippen LogP contribution in [0.3, 0.4) is 0 Å². The predicted octanol–water partition coefficient (Wildman–Crippen LogP) is 4.07. The molecule has 0 bridgehead atoms. The van der Waals surface area contributed by atoms with Gasteiger partial charge in [0.15, 0.2) is 0 Å². The minimum Gasteiger partial charge on any atom is -0.392 e. The fraction of sp³-hybridized carbons (Fsp3) is 1.00.